The number of nitrogens with one attached hydrogen (secondary N) is 1. The van der Waals surface area contributed by atoms with Crippen LogP contribution in [0.15, 0.2) is 24.3 Å². The highest BCUT2D eigenvalue weighted by atomic mass is 16.5. The van der Waals surface area contributed by atoms with Gasteiger partial charge in [-0.05, 0) is 24.8 Å². The average Bonchev–Trinajstić information content (AvgIpc) is 3.17. The highest BCUT2D eigenvalue weighted by molar-refractivity contribution is 5.76. The number of carbonyl (C=O) groups is 1. The molecule has 0 unspecified atom stereocenters. The van der Waals surface area contributed by atoms with Gasteiger partial charge in [0.25, 0.3) is 0 Å². The molecule has 1 saturated carbocycles. The third kappa shape index (κ3) is 3.28. The third-order valence-electron chi connectivity index (χ3n) is 3.75. The number of hydrogen-bond acceptors (Lipinski definition) is 2. The second kappa shape index (κ2) is 5.64. The topological polar surface area (TPSA) is 38.3 Å². The minimum Gasteiger partial charge on any atom is -0.496 e. The van der Waals surface area contributed by atoms with Crippen LogP contribution in [-0.2, 0) is 10.2 Å². The maximum atomic E-state index is 11.8. The first-order valence-electron chi connectivity index (χ1n) is 6.97. The quantitative estimate of drug-likeness (QED) is 0.855. The fraction of sp³-hybridized carbons (Fsp3) is 0.562. The van der Waals surface area contributed by atoms with E-state index in [1.165, 1.54) is 5.56 Å². The Labute approximate surface area is 115 Å². The van der Waals surface area contributed by atoms with E-state index in [-0.39, 0.29) is 11.3 Å². The van der Waals surface area contributed by atoms with Crippen molar-refractivity contribution < 1.29 is 9.53 Å². The van der Waals surface area contributed by atoms with Crippen LogP contribution in [0.3, 0.4) is 0 Å². The molecule has 104 valence electrons. The number of rotatable bonds is 6. The van der Waals surface area contributed by atoms with Crippen LogP contribution in [0.1, 0.15) is 38.7 Å². The van der Waals surface area contributed by atoms with E-state index in [0.29, 0.717) is 12.3 Å². The number of para-hydroxylation sites is 1. The van der Waals surface area contributed by atoms with Crippen molar-refractivity contribution in [2.45, 2.75) is 38.5 Å². The standard InChI is InChI=1S/C16H23NO2/c1-12(2)10-15(18)17-11-16(8-9-16)13-6-4-5-7-14(13)19-3/h4-7,12H,8-11H2,1-3H3,(H,17,18). The second-order valence-electron chi connectivity index (χ2n) is 5.86. The SMILES string of the molecule is COc1ccccc1C1(CNC(=O)CC(C)C)CC1. The molecule has 3 heteroatoms. The number of amides is 1. The molecular weight excluding hydrogens is 238 g/mol. The van der Waals surface area contributed by atoms with Gasteiger partial charge in [-0.15, -0.1) is 0 Å². The van der Waals surface area contributed by atoms with Crippen molar-refractivity contribution in [2.24, 2.45) is 5.92 Å². The lowest BCUT2D eigenvalue weighted by Gasteiger charge is -2.19. The lowest BCUT2D eigenvalue weighted by Crippen LogP contribution is -2.33. The van der Waals surface area contributed by atoms with Crippen molar-refractivity contribution in [3.05, 3.63) is 29.8 Å². The first kappa shape index (κ1) is 13.9. The molecule has 3 nitrogen and oxygen atoms in total. The van der Waals surface area contributed by atoms with Crippen LogP contribution in [0.5, 0.6) is 5.75 Å². The molecular formula is C16H23NO2. The molecule has 0 spiro atoms. The summed E-state index contributed by atoms with van der Waals surface area (Å²) in [6.07, 6.45) is 2.84. The molecule has 0 saturated heterocycles. The zero-order valence-corrected chi connectivity index (χ0v) is 12.0. The molecule has 1 aromatic carbocycles. The van der Waals surface area contributed by atoms with Crippen LogP contribution in [-0.4, -0.2) is 19.6 Å². The van der Waals surface area contributed by atoms with Gasteiger partial charge in [-0.25, -0.2) is 0 Å². The summed E-state index contributed by atoms with van der Waals surface area (Å²) in [7, 11) is 1.70. The van der Waals surface area contributed by atoms with Gasteiger partial charge >= 0.3 is 0 Å². The van der Waals surface area contributed by atoms with Crippen LogP contribution in [0.25, 0.3) is 0 Å². The zero-order valence-electron chi connectivity index (χ0n) is 12.0. The molecule has 0 bridgehead atoms. The normalized spacial score (nSPS) is 16.2. The Morgan fingerprint density at radius 1 is 1.37 bits per heavy atom. The molecule has 0 atom stereocenters. The van der Waals surface area contributed by atoms with Gasteiger partial charge in [-0.1, -0.05) is 32.0 Å². The van der Waals surface area contributed by atoms with Gasteiger partial charge in [0.15, 0.2) is 0 Å². The molecule has 1 aliphatic rings. The van der Waals surface area contributed by atoms with Crippen molar-refractivity contribution >= 4 is 5.91 Å². The summed E-state index contributed by atoms with van der Waals surface area (Å²) >= 11 is 0. The van der Waals surface area contributed by atoms with Gasteiger partial charge in [0.1, 0.15) is 5.75 Å². The molecule has 19 heavy (non-hydrogen) atoms. The molecule has 1 amide bonds. The van der Waals surface area contributed by atoms with Crippen LogP contribution in [0, 0.1) is 5.92 Å². The van der Waals surface area contributed by atoms with Crippen LogP contribution >= 0.6 is 0 Å². The Hall–Kier alpha value is -1.51. The molecule has 1 aromatic rings. The number of hydrogen-bond donors (Lipinski definition) is 1. The molecule has 0 heterocycles. The summed E-state index contributed by atoms with van der Waals surface area (Å²) in [6, 6.07) is 8.12. The van der Waals surface area contributed by atoms with Gasteiger partial charge in [-0.3, -0.25) is 4.79 Å². The number of benzene rings is 1. The van der Waals surface area contributed by atoms with E-state index < -0.39 is 0 Å². The van der Waals surface area contributed by atoms with Crippen LogP contribution < -0.4 is 10.1 Å². The van der Waals surface area contributed by atoms with Gasteiger partial charge in [0.05, 0.1) is 7.11 Å². The smallest absolute Gasteiger partial charge is 0.220 e. The number of methoxy groups -OCH3 is 1. The maximum Gasteiger partial charge on any atom is 0.220 e. The molecule has 2 rings (SSSR count). The van der Waals surface area contributed by atoms with Gasteiger partial charge in [0.2, 0.25) is 5.91 Å². The highest BCUT2D eigenvalue weighted by Gasteiger charge is 2.46. The van der Waals surface area contributed by atoms with E-state index in [4.69, 9.17) is 4.74 Å². The van der Waals surface area contributed by atoms with E-state index in [2.05, 4.69) is 25.2 Å². The van der Waals surface area contributed by atoms with E-state index in [9.17, 15) is 4.79 Å². The first-order chi connectivity index (χ1) is 9.07. The molecule has 1 aliphatic carbocycles. The maximum absolute atomic E-state index is 11.8. The van der Waals surface area contributed by atoms with Crippen molar-refractivity contribution in [1.82, 2.24) is 5.32 Å². The van der Waals surface area contributed by atoms with Crippen LogP contribution in [0.4, 0.5) is 0 Å². The van der Waals surface area contributed by atoms with E-state index in [1.807, 2.05) is 18.2 Å². The average molecular weight is 261 g/mol. The van der Waals surface area contributed by atoms with Crippen molar-refractivity contribution in [3.63, 3.8) is 0 Å². The molecule has 0 aromatic heterocycles. The number of carbonyl (C=O) groups excluding carboxylic acids is 1. The highest BCUT2D eigenvalue weighted by Crippen LogP contribution is 2.50. The molecule has 0 aliphatic heterocycles. The van der Waals surface area contributed by atoms with Crippen molar-refractivity contribution in [1.29, 1.82) is 0 Å². The molecule has 1 fully saturated rings. The van der Waals surface area contributed by atoms with Crippen LogP contribution in [0.2, 0.25) is 0 Å². The van der Waals surface area contributed by atoms with E-state index in [1.54, 1.807) is 7.11 Å². The fourth-order valence-corrected chi connectivity index (χ4v) is 2.49. The lowest BCUT2D eigenvalue weighted by molar-refractivity contribution is -0.121. The first-order valence-corrected chi connectivity index (χ1v) is 6.97. The molecule has 0 radical (unpaired) electrons. The summed E-state index contributed by atoms with van der Waals surface area (Å²) in [6.45, 7) is 4.85. The predicted octanol–water partition coefficient (Wildman–Crippen LogP) is 2.89. The lowest BCUT2D eigenvalue weighted by atomic mass is 9.94. The summed E-state index contributed by atoms with van der Waals surface area (Å²) in [5.74, 6) is 1.48. The Balaban J connectivity index is 2.01. The van der Waals surface area contributed by atoms with E-state index in [0.717, 1.165) is 25.1 Å². The Kier molecular flexibility index (Phi) is 4.13. The molecule has 1 N–H and O–H groups in total. The summed E-state index contributed by atoms with van der Waals surface area (Å²) in [5, 5.41) is 3.07. The minimum absolute atomic E-state index is 0.0965. The largest absolute Gasteiger partial charge is 0.496 e. The monoisotopic (exact) mass is 261 g/mol. The number of ether oxygens (including phenoxy) is 1. The fourth-order valence-electron chi connectivity index (χ4n) is 2.49. The van der Waals surface area contributed by atoms with Crippen molar-refractivity contribution in [2.75, 3.05) is 13.7 Å². The van der Waals surface area contributed by atoms with Gasteiger partial charge in [0, 0.05) is 23.9 Å². The summed E-state index contributed by atoms with van der Waals surface area (Å²) in [5.41, 5.74) is 1.32. The van der Waals surface area contributed by atoms with Gasteiger partial charge in [-0.2, -0.15) is 0 Å². The third-order valence-corrected chi connectivity index (χ3v) is 3.75. The predicted molar refractivity (Wildman–Crippen MR) is 76.4 cm³/mol. The summed E-state index contributed by atoms with van der Waals surface area (Å²) < 4.78 is 5.43. The second-order valence-corrected chi connectivity index (χ2v) is 5.86. The Morgan fingerprint density at radius 3 is 2.63 bits per heavy atom. The van der Waals surface area contributed by atoms with Crippen molar-refractivity contribution in [3.8, 4) is 5.75 Å². The van der Waals surface area contributed by atoms with Gasteiger partial charge < -0.3 is 10.1 Å². The summed E-state index contributed by atoms with van der Waals surface area (Å²) in [4.78, 5) is 11.8. The Morgan fingerprint density at radius 2 is 2.05 bits per heavy atom. The minimum atomic E-state index is 0.0965. The van der Waals surface area contributed by atoms with E-state index >= 15 is 0 Å². The Bertz CT molecular complexity index is 450. The zero-order chi connectivity index (χ0) is 13.9.